The van der Waals surface area contributed by atoms with Crippen LogP contribution >= 0.6 is 11.7 Å². The van der Waals surface area contributed by atoms with Gasteiger partial charge in [-0.3, -0.25) is 0 Å². The minimum absolute atomic E-state index is 0.591. The molecule has 0 radical (unpaired) electrons. The van der Waals surface area contributed by atoms with Gasteiger partial charge in [0.15, 0.2) is 17.5 Å². The average Bonchev–Trinajstić information content (AvgIpc) is 3.82. The van der Waals surface area contributed by atoms with Crippen LogP contribution in [-0.2, 0) is 0 Å². The topological polar surface area (TPSA) is 77.3 Å². The van der Waals surface area contributed by atoms with Gasteiger partial charge in [0.25, 0.3) is 0 Å². The molecule has 0 aliphatic rings. The van der Waals surface area contributed by atoms with Gasteiger partial charge < -0.3 is 0 Å². The Labute approximate surface area is 344 Å². The number of para-hydroxylation sites is 1. The summed E-state index contributed by atoms with van der Waals surface area (Å²) in [6, 6.07) is 66.9. The summed E-state index contributed by atoms with van der Waals surface area (Å²) in [6.45, 7) is 0. The first-order valence-corrected chi connectivity index (χ1v) is 20.2. The zero-order valence-corrected chi connectivity index (χ0v) is 32.4. The van der Waals surface area contributed by atoms with Crippen LogP contribution in [0, 0.1) is 0 Å². The molecule has 0 amide bonds. The molecule has 0 saturated heterocycles. The van der Waals surface area contributed by atoms with Crippen LogP contribution < -0.4 is 0 Å². The predicted molar refractivity (Wildman–Crippen MR) is 242 cm³/mol. The lowest BCUT2D eigenvalue weighted by Gasteiger charge is -2.14. The number of hydrogen-bond acceptors (Lipinski definition) is 7. The summed E-state index contributed by atoms with van der Waals surface area (Å²) in [5.74, 6) is 1.80. The number of aromatic nitrogens is 6. The molecule has 0 unspecified atom stereocenters. The molecule has 0 spiro atoms. The van der Waals surface area contributed by atoms with Gasteiger partial charge in [0.1, 0.15) is 11.0 Å². The highest BCUT2D eigenvalue weighted by molar-refractivity contribution is 7.00. The van der Waals surface area contributed by atoms with Crippen molar-refractivity contribution in [3.63, 3.8) is 0 Å². The van der Waals surface area contributed by atoms with Crippen LogP contribution in [0.15, 0.2) is 194 Å². The molecule has 0 aliphatic carbocycles. The van der Waals surface area contributed by atoms with E-state index in [1.165, 1.54) is 11.7 Å². The van der Waals surface area contributed by atoms with Crippen molar-refractivity contribution < 1.29 is 0 Å². The van der Waals surface area contributed by atoms with Crippen molar-refractivity contribution in [3.05, 3.63) is 194 Å². The van der Waals surface area contributed by atoms with E-state index in [0.29, 0.717) is 17.5 Å². The van der Waals surface area contributed by atoms with E-state index in [0.717, 1.165) is 94.0 Å². The summed E-state index contributed by atoms with van der Waals surface area (Å²) in [5, 5.41) is 3.17. The normalized spacial score (nSPS) is 11.4. The Morgan fingerprint density at radius 1 is 0.305 bits per heavy atom. The second kappa shape index (κ2) is 14.6. The van der Waals surface area contributed by atoms with Gasteiger partial charge >= 0.3 is 0 Å². The third-order valence-electron chi connectivity index (χ3n) is 10.8. The van der Waals surface area contributed by atoms with E-state index >= 15 is 0 Å². The maximum Gasteiger partial charge on any atom is 0.164 e. The predicted octanol–water partition coefficient (Wildman–Crippen LogP) is 13.2. The number of hydrogen-bond donors (Lipinski definition) is 0. The molecule has 0 saturated carbocycles. The van der Waals surface area contributed by atoms with Gasteiger partial charge in [-0.25, -0.2) is 19.9 Å². The minimum atomic E-state index is 0.591. The number of rotatable bonds is 7. The fourth-order valence-electron chi connectivity index (χ4n) is 7.90. The molecule has 3 aromatic heterocycles. The fourth-order valence-corrected chi connectivity index (χ4v) is 8.47. The first kappa shape index (κ1) is 34.5. The van der Waals surface area contributed by atoms with Crippen molar-refractivity contribution in [1.29, 1.82) is 0 Å². The van der Waals surface area contributed by atoms with E-state index in [1.54, 1.807) is 0 Å². The van der Waals surface area contributed by atoms with E-state index in [1.807, 2.05) is 54.6 Å². The largest absolute Gasteiger partial charge is 0.247 e. The van der Waals surface area contributed by atoms with Crippen LogP contribution in [0.25, 0.3) is 112 Å². The number of pyridine rings is 1. The monoisotopic (exact) mass is 772 g/mol. The standard InChI is InChI=1S/C52H32N6S/c1-5-15-33(16-6-1)39-29-40(34-17-7-2-8-18-34)31-41(30-39)52-55-50(37-21-11-4-12-22-37)54-51(56-52)38-27-25-35(26-28-38)43-32-44-46(49-48(43)57-59-58-49)42-23-13-14-24-45(42)53-47(44)36-19-9-3-10-20-36/h1-32H. The van der Waals surface area contributed by atoms with Crippen LogP contribution in [0.4, 0.5) is 0 Å². The van der Waals surface area contributed by atoms with Gasteiger partial charge in [0.2, 0.25) is 0 Å². The quantitative estimate of drug-likeness (QED) is 0.150. The zero-order valence-electron chi connectivity index (χ0n) is 31.6. The number of fused-ring (bicyclic) bond motifs is 5. The van der Waals surface area contributed by atoms with Crippen molar-refractivity contribution in [1.82, 2.24) is 28.7 Å². The second-order valence-corrected chi connectivity index (χ2v) is 15.0. The summed E-state index contributed by atoms with van der Waals surface area (Å²) < 4.78 is 9.75. The molecule has 276 valence electrons. The average molecular weight is 773 g/mol. The van der Waals surface area contributed by atoms with Crippen LogP contribution in [0.2, 0.25) is 0 Å². The van der Waals surface area contributed by atoms with Gasteiger partial charge in [-0.1, -0.05) is 164 Å². The number of nitrogens with zero attached hydrogens (tertiary/aromatic N) is 6. The summed E-state index contributed by atoms with van der Waals surface area (Å²) in [4.78, 5) is 20.5. The molecule has 3 heterocycles. The highest BCUT2D eigenvalue weighted by atomic mass is 32.1. The highest BCUT2D eigenvalue weighted by Crippen LogP contribution is 2.41. The number of benzene rings is 8. The van der Waals surface area contributed by atoms with Crippen LogP contribution in [0.5, 0.6) is 0 Å². The van der Waals surface area contributed by atoms with Gasteiger partial charge in [0.05, 0.1) is 22.9 Å². The van der Waals surface area contributed by atoms with Crippen LogP contribution in [0.3, 0.4) is 0 Å². The second-order valence-electron chi connectivity index (χ2n) is 14.4. The van der Waals surface area contributed by atoms with E-state index in [-0.39, 0.29) is 0 Å². The molecule has 0 N–H and O–H groups in total. The molecule has 0 fully saturated rings. The fraction of sp³-hybridized carbons (Fsp3) is 0. The van der Waals surface area contributed by atoms with Crippen molar-refractivity contribution in [2.24, 2.45) is 0 Å². The van der Waals surface area contributed by atoms with Crippen molar-refractivity contribution in [3.8, 4) is 78.8 Å². The molecular formula is C52H32N6S. The summed E-state index contributed by atoms with van der Waals surface area (Å²) >= 11 is 1.24. The smallest absolute Gasteiger partial charge is 0.164 e. The van der Waals surface area contributed by atoms with Gasteiger partial charge in [0, 0.05) is 44.0 Å². The molecular weight excluding hydrogens is 741 g/mol. The summed E-state index contributed by atoms with van der Waals surface area (Å²) in [7, 11) is 0. The lowest BCUT2D eigenvalue weighted by atomic mass is 9.93. The Balaban J connectivity index is 1.07. The SMILES string of the molecule is c1ccc(-c2cc(-c3ccccc3)cc(-c3nc(-c4ccccc4)nc(-c4ccc(-c5cc6c(-c7ccccc7)nc7ccccc7c6c6nsnc56)cc4)n3)c2)cc1. The Morgan fingerprint density at radius 2 is 0.763 bits per heavy atom. The first-order valence-electron chi connectivity index (χ1n) is 19.5. The Bertz CT molecular complexity index is 3240. The van der Waals surface area contributed by atoms with Crippen molar-refractivity contribution >= 4 is 44.4 Å². The van der Waals surface area contributed by atoms with Gasteiger partial charge in [-0.2, -0.15) is 8.75 Å². The van der Waals surface area contributed by atoms with E-state index in [4.69, 9.17) is 28.7 Å². The molecule has 8 aromatic carbocycles. The summed E-state index contributed by atoms with van der Waals surface area (Å²) in [5.41, 5.74) is 13.8. The minimum Gasteiger partial charge on any atom is -0.247 e. The molecule has 0 bridgehead atoms. The van der Waals surface area contributed by atoms with E-state index in [2.05, 4.69) is 140 Å². The Hall–Kier alpha value is -7.74. The lowest BCUT2D eigenvalue weighted by molar-refractivity contribution is 1.07. The lowest BCUT2D eigenvalue weighted by Crippen LogP contribution is -2.00. The Morgan fingerprint density at radius 3 is 1.37 bits per heavy atom. The van der Waals surface area contributed by atoms with Crippen LogP contribution in [-0.4, -0.2) is 28.7 Å². The van der Waals surface area contributed by atoms with Crippen molar-refractivity contribution in [2.75, 3.05) is 0 Å². The molecule has 11 aromatic rings. The summed E-state index contributed by atoms with van der Waals surface area (Å²) in [6.07, 6.45) is 0. The molecule has 7 heteroatoms. The first-order chi connectivity index (χ1) is 29.2. The molecule has 0 atom stereocenters. The third kappa shape index (κ3) is 6.40. The van der Waals surface area contributed by atoms with Crippen LogP contribution in [0.1, 0.15) is 0 Å². The zero-order chi connectivity index (χ0) is 39.1. The molecule has 6 nitrogen and oxygen atoms in total. The molecule has 11 rings (SSSR count). The molecule has 0 aliphatic heterocycles. The van der Waals surface area contributed by atoms with Crippen molar-refractivity contribution in [2.45, 2.75) is 0 Å². The Kier molecular flexibility index (Phi) is 8.56. The van der Waals surface area contributed by atoms with E-state index in [9.17, 15) is 0 Å². The maximum atomic E-state index is 5.20. The third-order valence-corrected chi connectivity index (χ3v) is 11.3. The molecule has 59 heavy (non-hydrogen) atoms. The highest BCUT2D eigenvalue weighted by Gasteiger charge is 2.20. The maximum absolute atomic E-state index is 5.20. The van der Waals surface area contributed by atoms with Gasteiger partial charge in [-0.15, -0.1) is 0 Å². The van der Waals surface area contributed by atoms with E-state index < -0.39 is 0 Å². The van der Waals surface area contributed by atoms with Gasteiger partial charge in [-0.05, 0) is 58.1 Å².